The molecule has 27 heavy (non-hydrogen) atoms. The first-order valence-electron chi connectivity index (χ1n) is 8.69. The van der Waals surface area contributed by atoms with Gasteiger partial charge in [-0.05, 0) is 53.8 Å². The third-order valence-electron chi connectivity index (χ3n) is 4.41. The molecule has 0 bridgehead atoms. The molecule has 1 unspecified atom stereocenters. The Morgan fingerprint density at radius 2 is 2.00 bits per heavy atom. The minimum atomic E-state index is -0.519. The number of halogens is 1. The van der Waals surface area contributed by atoms with E-state index in [1.165, 1.54) is 0 Å². The van der Waals surface area contributed by atoms with E-state index in [1.807, 2.05) is 18.2 Å². The standard InChI is InChI=1S/C21H21BrN2O3/c1-13(25)8-16-12-24(21(27)18-7-6-17(22)10-19(16)18)11-14-4-3-5-15(9-14)20(26)23-2/h3-7,9-10,12-13,25H,8,11H2,1-2H3,(H,23,26). The van der Waals surface area contributed by atoms with Crippen molar-refractivity contribution in [3.8, 4) is 0 Å². The topological polar surface area (TPSA) is 71.3 Å². The fourth-order valence-electron chi connectivity index (χ4n) is 3.19. The van der Waals surface area contributed by atoms with E-state index in [4.69, 9.17) is 0 Å². The van der Waals surface area contributed by atoms with Crippen molar-refractivity contribution in [2.45, 2.75) is 26.0 Å². The van der Waals surface area contributed by atoms with Crippen LogP contribution in [0.15, 0.2) is 57.9 Å². The third-order valence-corrected chi connectivity index (χ3v) is 4.91. The molecule has 0 saturated carbocycles. The molecule has 0 fully saturated rings. The first-order chi connectivity index (χ1) is 12.9. The number of carbonyl (C=O) groups is 1. The van der Waals surface area contributed by atoms with E-state index in [1.54, 1.807) is 49.0 Å². The summed E-state index contributed by atoms with van der Waals surface area (Å²) in [4.78, 5) is 24.8. The Labute approximate surface area is 165 Å². The van der Waals surface area contributed by atoms with Crippen LogP contribution in [0, 0.1) is 0 Å². The molecule has 0 aliphatic carbocycles. The Hall–Kier alpha value is -2.44. The van der Waals surface area contributed by atoms with Gasteiger partial charge in [-0.15, -0.1) is 0 Å². The lowest BCUT2D eigenvalue weighted by atomic mass is 10.0. The van der Waals surface area contributed by atoms with Gasteiger partial charge >= 0.3 is 0 Å². The number of aliphatic hydroxyl groups excluding tert-OH is 1. The number of aromatic nitrogens is 1. The van der Waals surface area contributed by atoms with Gasteiger partial charge in [-0.3, -0.25) is 9.59 Å². The second-order valence-corrected chi connectivity index (χ2v) is 7.53. The van der Waals surface area contributed by atoms with E-state index in [-0.39, 0.29) is 11.5 Å². The molecule has 0 aliphatic heterocycles. The predicted octanol–water partition coefficient (Wildman–Crippen LogP) is 3.10. The van der Waals surface area contributed by atoms with E-state index >= 15 is 0 Å². The molecular formula is C21H21BrN2O3. The molecule has 2 N–H and O–H groups in total. The molecule has 1 atom stereocenters. The highest BCUT2D eigenvalue weighted by Crippen LogP contribution is 2.22. The predicted molar refractivity (Wildman–Crippen MR) is 110 cm³/mol. The summed E-state index contributed by atoms with van der Waals surface area (Å²) in [5.74, 6) is -0.164. The normalized spacial score (nSPS) is 12.1. The van der Waals surface area contributed by atoms with Crippen molar-refractivity contribution in [3.05, 3.63) is 80.2 Å². The molecule has 1 amide bonds. The maximum Gasteiger partial charge on any atom is 0.258 e. The summed E-state index contributed by atoms with van der Waals surface area (Å²) < 4.78 is 2.52. The molecule has 0 aliphatic rings. The van der Waals surface area contributed by atoms with Crippen LogP contribution in [0.3, 0.4) is 0 Å². The highest BCUT2D eigenvalue weighted by atomic mass is 79.9. The van der Waals surface area contributed by atoms with Gasteiger partial charge in [0.1, 0.15) is 0 Å². The number of hydrogen-bond acceptors (Lipinski definition) is 3. The van der Waals surface area contributed by atoms with Crippen molar-refractivity contribution in [3.63, 3.8) is 0 Å². The zero-order chi connectivity index (χ0) is 19.6. The molecular weight excluding hydrogens is 408 g/mol. The van der Waals surface area contributed by atoms with E-state index < -0.39 is 6.10 Å². The van der Waals surface area contributed by atoms with Gasteiger partial charge in [-0.25, -0.2) is 0 Å². The Morgan fingerprint density at radius 3 is 2.70 bits per heavy atom. The summed E-state index contributed by atoms with van der Waals surface area (Å²) in [6.07, 6.45) is 1.73. The van der Waals surface area contributed by atoms with Gasteiger partial charge in [0.15, 0.2) is 0 Å². The molecule has 0 saturated heterocycles. The number of carbonyl (C=O) groups excluding carboxylic acids is 1. The van der Waals surface area contributed by atoms with E-state index in [0.717, 1.165) is 21.0 Å². The molecule has 0 radical (unpaired) electrons. The molecule has 3 aromatic rings. The van der Waals surface area contributed by atoms with Crippen LogP contribution in [0.2, 0.25) is 0 Å². The lowest BCUT2D eigenvalue weighted by Crippen LogP contribution is -2.23. The molecule has 2 aromatic carbocycles. The van der Waals surface area contributed by atoms with Gasteiger partial charge in [-0.2, -0.15) is 0 Å². The Bertz CT molecular complexity index is 1060. The van der Waals surface area contributed by atoms with Gasteiger partial charge in [0.2, 0.25) is 0 Å². The molecule has 1 aromatic heterocycles. The van der Waals surface area contributed by atoms with Crippen LogP contribution < -0.4 is 10.9 Å². The fraction of sp³-hybridized carbons (Fsp3) is 0.238. The van der Waals surface area contributed by atoms with Crippen molar-refractivity contribution in [1.82, 2.24) is 9.88 Å². The number of aliphatic hydroxyl groups is 1. The number of nitrogens with zero attached hydrogens (tertiary/aromatic N) is 1. The van der Waals surface area contributed by atoms with Crippen molar-refractivity contribution in [2.75, 3.05) is 7.05 Å². The van der Waals surface area contributed by atoms with Crippen molar-refractivity contribution < 1.29 is 9.90 Å². The smallest absolute Gasteiger partial charge is 0.258 e. The second kappa shape index (κ2) is 8.06. The quantitative estimate of drug-likeness (QED) is 0.655. The van der Waals surface area contributed by atoms with Crippen LogP contribution in [0.25, 0.3) is 10.8 Å². The minimum absolute atomic E-state index is 0.0998. The van der Waals surface area contributed by atoms with Crippen LogP contribution in [-0.4, -0.2) is 28.7 Å². The number of amides is 1. The maximum atomic E-state index is 13.0. The Morgan fingerprint density at radius 1 is 1.22 bits per heavy atom. The van der Waals surface area contributed by atoms with Crippen LogP contribution >= 0.6 is 15.9 Å². The van der Waals surface area contributed by atoms with Gasteiger partial charge in [0.05, 0.1) is 12.6 Å². The summed E-state index contributed by atoms with van der Waals surface area (Å²) in [5.41, 5.74) is 2.22. The Balaban J connectivity index is 2.09. The van der Waals surface area contributed by atoms with Crippen LogP contribution in [0.4, 0.5) is 0 Å². The lowest BCUT2D eigenvalue weighted by Gasteiger charge is -2.14. The highest BCUT2D eigenvalue weighted by molar-refractivity contribution is 9.10. The number of hydrogen-bond donors (Lipinski definition) is 2. The van der Waals surface area contributed by atoms with Crippen LogP contribution in [0.1, 0.15) is 28.4 Å². The van der Waals surface area contributed by atoms with Gasteiger partial charge < -0.3 is 15.0 Å². The van der Waals surface area contributed by atoms with Gasteiger partial charge in [-0.1, -0.05) is 28.1 Å². The molecule has 0 spiro atoms. The molecule has 140 valence electrons. The highest BCUT2D eigenvalue weighted by Gasteiger charge is 2.12. The first-order valence-corrected chi connectivity index (χ1v) is 9.49. The zero-order valence-corrected chi connectivity index (χ0v) is 16.8. The minimum Gasteiger partial charge on any atom is -0.393 e. The zero-order valence-electron chi connectivity index (χ0n) is 15.2. The summed E-state index contributed by atoms with van der Waals surface area (Å²) in [7, 11) is 1.59. The number of rotatable bonds is 5. The van der Waals surface area contributed by atoms with Gasteiger partial charge in [0, 0.05) is 35.1 Å². The number of nitrogens with one attached hydrogen (secondary N) is 1. The third kappa shape index (κ3) is 4.28. The molecule has 3 rings (SSSR count). The van der Waals surface area contributed by atoms with E-state index in [0.29, 0.717) is 23.9 Å². The van der Waals surface area contributed by atoms with Crippen molar-refractivity contribution in [1.29, 1.82) is 0 Å². The lowest BCUT2D eigenvalue weighted by molar-refractivity contribution is 0.0963. The van der Waals surface area contributed by atoms with E-state index in [2.05, 4.69) is 21.2 Å². The SMILES string of the molecule is CNC(=O)c1cccc(Cn2cc(CC(C)O)c3cc(Br)ccc3c2=O)c1. The Kier molecular flexibility index (Phi) is 5.77. The fourth-order valence-corrected chi connectivity index (χ4v) is 3.55. The number of pyridine rings is 1. The summed E-state index contributed by atoms with van der Waals surface area (Å²) in [6.45, 7) is 2.08. The average molecular weight is 429 g/mol. The largest absolute Gasteiger partial charge is 0.393 e. The molecule has 1 heterocycles. The average Bonchev–Trinajstić information content (AvgIpc) is 2.64. The van der Waals surface area contributed by atoms with Crippen molar-refractivity contribution >= 4 is 32.6 Å². The second-order valence-electron chi connectivity index (χ2n) is 6.61. The summed E-state index contributed by atoms with van der Waals surface area (Å²) in [5, 5.41) is 13.9. The van der Waals surface area contributed by atoms with Crippen LogP contribution in [0.5, 0.6) is 0 Å². The molecule has 6 heteroatoms. The summed E-state index contributed by atoms with van der Waals surface area (Å²) >= 11 is 3.45. The first kappa shape index (κ1) is 19.3. The monoisotopic (exact) mass is 428 g/mol. The van der Waals surface area contributed by atoms with Crippen molar-refractivity contribution in [2.24, 2.45) is 0 Å². The van der Waals surface area contributed by atoms with Gasteiger partial charge in [0.25, 0.3) is 11.5 Å². The number of benzene rings is 2. The maximum absolute atomic E-state index is 13.0. The van der Waals surface area contributed by atoms with E-state index in [9.17, 15) is 14.7 Å². The molecule has 5 nitrogen and oxygen atoms in total. The van der Waals surface area contributed by atoms with Crippen LogP contribution in [-0.2, 0) is 13.0 Å². The summed E-state index contributed by atoms with van der Waals surface area (Å²) in [6, 6.07) is 12.8. The number of fused-ring (bicyclic) bond motifs is 1.